The predicted molar refractivity (Wildman–Crippen MR) is 101 cm³/mol. The van der Waals surface area contributed by atoms with Crippen molar-refractivity contribution in [3.8, 4) is 17.2 Å². The van der Waals surface area contributed by atoms with Crippen LogP contribution in [-0.2, 0) is 12.8 Å². The maximum Gasteiger partial charge on any atom is 0.511 e. The molecule has 2 aromatic rings. The summed E-state index contributed by atoms with van der Waals surface area (Å²) in [4.78, 5) is 15.2. The molecule has 0 saturated heterocycles. The van der Waals surface area contributed by atoms with E-state index >= 15 is 0 Å². The molecular formula is C19H20ClNO5. The summed E-state index contributed by atoms with van der Waals surface area (Å²) in [6, 6.07) is 10.9. The van der Waals surface area contributed by atoms with Crippen molar-refractivity contribution in [1.29, 1.82) is 0 Å². The van der Waals surface area contributed by atoms with E-state index in [-0.39, 0.29) is 12.4 Å². The van der Waals surface area contributed by atoms with Crippen molar-refractivity contribution in [3.63, 3.8) is 0 Å². The van der Waals surface area contributed by atoms with Crippen LogP contribution in [0.15, 0.2) is 41.4 Å². The first kappa shape index (κ1) is 19.6. The summed E-state index contributed by atoms with van der Waals surface area (Å²) < 4.78 is 15.4. The molecular weight excluding hydrogens is 358 g/mol. The van der Waals surface area contributed by atoms with Crippen molar-refractivity contribution in [1.82, 2.24) is 0 Å². The molecule has 1 heterocycles. The molecule has 7 heteroatoms. The number of aliphatic imine (C=N–C) groups is 1. The van der Waals surface area contributed by atoms with Gasteiger partial charge in [-0.2, -0.15) is 0 Å². The number of hydrogen-bond acceptors (Lipinski definition) is 5. The molecule has 0 atom stereocenters. The van der Waals surface area contributed by atoms with Crippen LogP contribution < -0.4 is 14.2 Å². The number of rotatable bonds is 5. The Morgan fingerprint density at radius 3 is 2.38 bits per heavy atom. The fraction of sp³-hybridized carbons (Fsp3) is 0.263. The molecule has 0 unspecified atom stereocenters. The Kier molecular flexibility index (Phi) is 6.46. The highest BCUT2D eigenvalue weighted by Gasteiger charge is 2.18. The lowest BCUT2D eigenvalue weighted by Gasteiger charge is -2.20. The lowest BCUT2D eigenvalue weighted by molar-refractivity contribution is 0.144. The zero-order valence-electron chi connectivity index (χ0n) is 14.5. The Bertz CT molecular complexity index is 817. The van der Waals surface area contributed by atoms with Gasteiger partial charge >= 0.3 is 6.16 Å². The van der Waals surface area contributed by atoms with Crippen molar-refractivity contribution in [3.05, 3.63) is 53.1 Å². The molecule has 0 saturated carbocycles. The molecule has 0 aromatic heterocycles. The van der Waals surface area contributed by atoms with Gasteiger partial charge in [-0.3, -0.25) is 4.99 Å². The van der Waals surface area contributed by atoms with E-state index < -0.39 is 6.16 Å². The molecule has 1 aliphatic heterocycles. The Morgan fingerprint density at radius 1 is 1.12 bits per heavy atom. The first-order valence-corrected chi connectivity index (χ1v) is 7.89. The van der Waals surface area contributed by atoms with Gasteiger partial charge in [0.15, 0.2) is 11.5 Å². The molecule has 0 spiro atoms. The second-order valence-electron chi connectivity index (χ2n) is 5.63. The number of methoxy groups -OCH3 is 2. The van der Waals surface area contributed by atoms with Crippen molar-refractivity contribution in [2.75, 3.05) is 20.8 Å². The smallest absolute Gasteiger partial charge is 0.493 e. The van der Waals surface area contributed by atoms with E-state index in [1.54, 1.807) is 26.4 Å². The molecule has 0 aliphatic carbocycles. The number of hydrogen-bond donors (Lipinski definition) is 1. The van der Waals surface area contributed by atoms with Crippen LogP contribution >= 0.6 is 12.4 Å². The summed E-state index contributed by atoms with van der Waals surface area (Å²) in [7, 11) is 3.24. The van der Waals surface area contributed by atoms with E-state index in [0.717, 1.165) is 35.6 Å². The maximum atomic E-state index is 10.6. The van der Waals surface area contributed by atoms with E-state index in [1.165, 1.54) is 5.56 Å². The minimum atomic E-state index is -1.32. The van der Waals surface area contributed by atoms with E-state index in [1.807, 2.05) is 24.3 Å². The van der Waals surface area contributed by atoms with Gasteiger partial charge in [0.05, 0.1) is 14.2 Å². The number of nitrogens with zero attached hydrogens (tertiary/aromatic N) is 1. The Labute approximate surface area is 157 Å². The topological polar surface area (TPSA) is 77.4 Å². The molecule has 138 valence electrons. The maximum absolute atomic E-state index is 10.6. The zero-order chi connectivity index (χ0) is 17.8. The summed E-state index contributed by atoms with van der Waals surface area (Å²) in [5.74, 6) is 1.70. The quantitative estimate of drug-likeness (QED) is 0.634. The standard InChI is InChI=1S/C19H19NO5.ClH/c1-23-17-10-13-7-8-20-16(15(13)11-18(17)24-2)9-12-3-5-14(6-4-12)25-19(21)22;/h3-6,10-11H,7-9H2,1-2H3,(H,21,22);1H. The summed E-state index contributed by atoms with van der Waals surface area (Å²) in [5.41, 5.74) is 4.26. The third-order valence-corrected chi connectivity index (χ3v) is 4.10. The van der Waals surface area contributed by atoms with Crippen LogP contribution in [0.5, 0.6) is 17.2 Å². The number of ether oxygens (including phenoxy) is 3. The normalized spacial score (nSPS) is 12.3. The van der Waals surface area contributed by atoms with Gasteiger partial charge in [0, 0.05) is 24.2 Å². The number of carbonyl (C=O) groups is 1. The summed E-state index contributed by atoms with van der Waals surface area (Å²) in [6.07, 6.45) is 0.194. The van der Waals surface area contributed by atoms with Crippen molar-refractivity contribution >= 4 is 24.3 Å². The number of halogens is 1. The summed E-state index contributed by atoms with van der Waals surface area (Å²) >= 11 is 0. The van der Waals surface area contributed by atoms with Crippen LogP contribution in [0.1, 0.15) is 16.7 Å². The van der Waals surface area contributed by atoms with Gasteiger partial charge in [0.25, 0.3) is 0 Å². The number of fused-ring (bicyclic) bond motifs is 1. The fourth-order valence-electron chi connectivity index (χ4n) is 2.91. The lowest BCUT2D eigenvalue weighted by Crippen LogP contribution is -2.16. The molecule has 2 aromatic carbocycles. The Hall–Kier alpha value is -2.73. The highest BCUT2D eigenvalue weighted by molar-refractivity contribution is 6.04. The Balaban J connectivity index is 0.00000243. The summed E-state index contributed by atoms with van der Waals surface area (Å²) in [6.45, 7) is 0.734. The van der Waals surface area contributed by atoms with Gasteiger partial charge in [-0.25, -0.2) is 4.79 Å². The zero-order valence-corrected chi connectivity index (χ0v) is 15.3. The minimum Gasteiger partial charge on any atom is -0.493 e. The average Bonchev–Trinajstić information content (AvgIpc) is 2.62. The fourth-order valence-corrected chi connectivity index (χ4v) is 2.91. The molecule has 3 rings (SSSR count). The molecule has 6 nitrogen and oxygen atoms in total. The van der Waals surface area contributed by atoms with Gasteiger partial charge in [-0.05, 0) is 41.8 Å². The lowest BCUT2D eigenvalue weighted by atomic mass is 9.93. The van der Waals surface area contributed by atoms with E-state index in [0.29, 0.717) is 17.9 Å². The van der Waals surface area contributed by atoms with Gasteiger partial charge < -0.3 is 19.3 Å². The molecule has 0 bridgehead atoms. The first-order chi connectivity index (χ1) is 12.1. The van der Waals surface area contributed by atoms with Gasteiger partial charge in [0.2, 0.25) is 0 Å². The molecule has 0 fully saturated rings. The van der Waals surface area contributed by atoms with Crippen LogP contribution in [0, 0.1) is 0 Å². The van der Waals surface area contributed by atoms with Crippen molar-refractivity contribution < 1.29 is 24.1 Å². The van der Waals surface area contributed by atoms with E-state index in [9.17, 15) is 4.79 Å². The minimum absolute atomic E-state index is 0. The molecule has 1 aliphatic rings. The second kappa shape index (κ2) is 8.58. The monoisotopic (exact) mass is 377 g/mol. The van der Waals surface area contributed by atoms with E-state index in [2.05, 4.69) is 9.73 Å². The van der Waals surface area contributed by atoms with E-state index in [4.69, 9.17) is 14.6 Å². The van der Waals surface area contributed by atoms with Crippen molar-refractivity contribution in [2.24, 2.45) is 4.99 Å². The first-order valence-electron chi connectivity index (χ1n) is 7.89. The molecule has 26 heavy (non-hydrogen) atoms. The molecule has 1 N–H and O–H groups in total. The van der Waals surface area contributed by atoms with Crippen LogP contribution in [-0.4, -0.2) is 37.7 Å². The second-order valence-corrected chi connectivity index (χ2v) is 5.63. The third-order valence-electron chi connectivity index (χ3n) is 4.10. The van der Waals surface area contributed by atoms with Gasteiger partial charge in [0.1, 0.15) is 5.75 Å². The van der Waals surface area contributed by atoms with Crippen LogP contribution in [0.25, 0.3) is 0 Å². The summed E-state index contributed by atoms with van der Waals surface area (Å²) in [5, 5.41) is 8.64. The number of benzene rings is 2. The largest absolute Gasteiger partial charge is 0.511 e. The van der Waals surface area contributed by atoms with Crippen LogP contribution in [0.2, 0.25) is 0 Å². The molecule has 0 radical (unpaired) electrons. The SMILES string of the molecule is COc1cc2c(cc1OC)C(Cc1ccc(OC(=O)O)cc1)=NCC2.Cl. The highest BCUT2D eigenvalue weighted by Crippen LogP contribution is 2.33. The third kappa shape index (κ3) is 4.26. The van der Waals surface area contributed by atoms with Gasteiger partial charge in [-0.1, -0.05) is 12.1 Å². The number of carboxylic acid groups (broad SMARTS) is 1. The Morgan fingerprint density at radius 2 is 1.77 bits per heavy atom. The average molecular weight is 378 g/mol. The van der Waals surface area contributed by atoms with Gasteiger partial charge in [-0.15, -0.1) is 12.4 Å². The molecule has 0 amide bonds. The van der Waals surface area contributed by atoms with Crippen molar-refractivity contribution in [2.45, 2.75) is 12.8 Å². The predicted octanol–water partition coefficient (Wildman–Crippen LogP) is 3.77. The van der Waals surface area contributed by atoms with Crippen LogP contribution in [0.3, 0.4) is 0 Å². The highest BCUT2D eigenvalue weighted by atomic mass is 35.5. The van der Waals surface area contributed by atoms with Crippen LogP contribution in [0.4, 0.5) is 4.79 Å².